The van der Waals surface area contributed by atoms with Crippen LogP contribution in [0.3, 0.4) is 0 Å². The fraction of sp³-hybridized carbons (Fsp3) is 0.500. The number of hydrogen-bond acceptors (Lipinski definition) is 5. The van der Waals surface area contributed by atoms with Gasteiger partial charge < -0.3 is 19.7 Å². The molecule has 6 nitrogen and oxygen atoms in total. The second-order valence-corrected chi connectivity index (χ2v) is 5.56. The first-order valence-corrected chi connectivity index (χ1v) is 7.63. The molecule has 1 N–H and O–H groups in total. The number of methoxy groups -OCH3 is 2. The Morgan fingerprint density at radius 2 is 1.88 bits per heavy atom. The maximum absolute atomic E-state index is 13.4. The minimum atomic E-state index is -4.82. The van der Waals surface area contributed by atoms with Crippen LogP contribution in [-0.4, -0.2) is 55.8 Å². The standard InChI is InChI=1S/C16H19F3N2O4/c1-24-11-7-5-10(6-8-11)20-13(16(17,18)19)14(22)21-9-3-4-12(21)15(23)25-2/h5-8,12-13,20H,3-4,9H2,1-2H3/t12-,13?/m0/s1. The zero-order chi connectivity index (χ0) is 18.6. The smallest absolute Gasteiger partial charge is 0.417 e. The number of likely N-dealkylation sites (tertiary alicyclic amines) is 1. The summed E-state index contributed by atoms with van der Waals surface area (Å²) in [5.74, 6) is -1.43. The number of rotatable bonds is 5. The van der Waals surface area contributed by atoms with Crippen molar-refractivity contribution in [3.63, 3.8) is 0 Å². The Morgan fingerprint density at radius 1 is 1.24 bits per heavy atom. The van der Waals surface area contributed by atoms with Crippen LogP contribution in [0.1, 0.15) is 12.8 Å². The fourth-order valence-corrected chi connectivity index (χ4v) is 2.71. The van der Waals surface area contributed by atoms with Gasteiger partial charge in [0.1, 0.15) is 11.8 Å². The molecule has 1 aliphatic heterocycles. The van der Waals surface area contributed by atoms with Crippen LogP contribution >= 0.6 is 0 Å². The number of nitrogens with zero attached hydrogens (tertiary/aromatic N) is 1. The largest absolute Gasteiger partial charge is 0.497 e. The Labute approximate surface area is 142 Å². The lowest BCUT2D eigenvalue weighted by Gasteiger charge is -2.29. The molecule has 25 heavy (non-hydrogen) atoms. The quantitative estimate of drug-likeness (QED) is 0.816. The summed E-state index contributed by atoms with van der Waals surface area (Å²) in [6.45, 7) is 0.0788. The molecule has 2 rings (SSSR count). The van der Waals surface area contributed by atoms with Crippen molar-refractivity contribution in [3.05, 3.63) is 24.3 Å². The van der Waals surface area contributed by atoms with E-state index in [0.29, 0.717) is 12.2 Å². The van der Waals surface area contributed by atoms with Gasteiger partial charge in [-0.2, -0.15) is 13.2 Å². The summed E-state index contributed by atoms with van der Waals surface area (Å²) in [6, 6.07) is 2.28. The minimum absolute atomic E-state index is 0.0788. The molecule has 1 aromatic rings. The van der Waals surface area contributed by atoms with Crippen LogP contribution in [0.2, 0.25) is 0 Å². The third-order valence-corrected chi connectivity index (χ3v) is 3.98. The average Bonchev–Trinajstić information content (AvgIpc) is 3.07. The van der Waals surface area contributed by atoms with Gasteiger partial charge in [-0.05, 0) is 37.1 Å². The second-order valence-electron chi connectivity index (χ2n) is 5.56. The maximum atomic E-state index is 13.4. The Balaban J connectivity index is 2.21. The fourth-order valence-electron chi connectivity index (χ4n) is 2.71. The van der Waals surface area contributed by atoms with Crippen LogP contribution in [-0.2, 0) is 14.3 Å². The Morgan fingerprint density at radius 3 is 2.40 bits per heavy atom. The molecule has 1 saturated heterocycles. The van der Waals surface area contributed by atoms with E-state index in [1.54, 1.807) is 0 Å². The van der Waals surface area contributed by atoms with Crippen LogP contribution < -0.4 is 10.1 Å². The van der Waals surface area contributed by atoms with E-state index < -0.39 is 30.1 Å². The lowest BCUT2D eigenvalue weighted by atomic mass is 10.1. The molecule has 2 atom stereocenters. The van der Waals surface area contributed by atoms with Gasteiger partial charge in [0, 0.05) is 12.2 Å². The highest BCUT2D eigenvalue weighted by atomic mass is 19.4. The molecule has 1 unspecified atom stereocenters. The van der Waals surface area contributed by atoms with Crippen LogP contribution in [0.15, 0.2) is 24.3 Å². The topological polar surface area (TPSA) is 67.9 Å². The molecule has 1 aliphatic rings. The number of anilines is 1. The van der Waals surface area contributed by atoms with Crippen LogP contribution in [0, 0.1) is 0 Å². The van der Waals surface area contributed by atoms with E-state index in [4.69, 9.17) is 4.74 Å². The van der Waals surface area contributed by atoms with Crippen LogP contribution in [0.4, 0.5) is 18.9 Å². The predicted octanol–water partition coefficient (Wildman–Crippen LogP) is 2.20. The van der Waals surface area contributed by atoms with Gasteiger partial charge in [0.15, 0.2) is 0 Å². The van der Waals surface area contributed by atoms with E-state index in [1.807, 2.05) is 0 Å². The van der Waals surface area contributed by atoms with Crippen molar-refractivity contribution < 1.29 is 32.2 Å². The number of halogens is 3. The van der Waals surface area contributed by atoms with E-state index >= 15 is 0 Å². The lowest BCUT2D eigenvalue weighted by molar-refractivity contribution is -0.170. The molecule has 9 heteroatoms. The summed E-state index contributed by atoms with van der Waals surface area (Å²) >= 11 is 0. The zero-order valence-electron chi connectivity index (χ0n) is 13.8. The summed E-state index contributed by atoms with van der Waals surface area (Å²) in [5, 5.41) is 2.20. The number of carbonyl (C=O) groups excluding carboxylic acids is 2. The van der Waals surface area contributed by atoms with Gasteiger partial charge in [-0.1, -0.05) is 0 Å². The first-order chi connectivity index (χ1) is 11.8. The molecule has 0 bridgehead atoms. The molecule has 0 saturated carbocycles. The molecule has 1 aromatic carbocycles. The SMILES string of the molecule is COC(=O)[C@@H]1CCCN1C(=O)C(Nc1ccc(OC)cc1)C(F)(F)F. The van der Waals surface area contributed by atoms with Crippen molar-refractivity contribution in [2.75, 3.05) is 26.1 Å². The van der Waals surface area contributed by atoms with Crippen LogP contribution in [0.5, 0.6) is 5.75 Å². The number of alkyl halides is 3. The van der Waals surface area contributed by atoms with Crippen molar-refractivity contribution in [2.24, 2.45) is 0 Å². The third kappa shape index (κ3) is 4.34. The summed E-state index contributed by atoms with van der Waals surface area (Å²) in [7, 11) is 2.57. The summed E-state index contributed by atoms with van der Waals surface area (Å²) in [6.07, 6.45) is -4.09. The summed E-state index contributed by atoms with van der Waals surface area (Å²) in [5.41, 5.74) is 0.116. The molecular formula is C16H19F3N2O4. The van der Waals surface area contributed by atoms with Gasteiger partial charge in [-0.25, -0.2) is 4.79 Å². The summed E-state index contributed by atoms with van der Waals surface area (Å²) < 4.78 is 49.8. The normalized spacial score (nSPS) is 18.6. The number of esters is 1. The molecular weight excluding hydrogens is 341 g/mol. The Kier molecular flexibility index (Phi) is 5.76. The van der Waals surface area contributed by atoms with E-state index in [9.17, 15) is 22.8 Å². The third-order valence-electron chi connectivity index (χ3n) is 3.98. The molecule has 0 spiro atoms. The van der Waals surface area contributed by atoms with Crippen molar-refractivity contribution in [2.45, 2.75) is 31.1 Å². The highest BCUT2D eigenvalue weighted by molar-refractivity contribution is 5.90. The van der Waals surface area contributed by atoms with Gasteiger partial charge in [0.25, 0.3) is 5.91 Å². The van der Waals surface area contributed by atoms with Crippen LogP contribution in [0.25, 0.3) is 0 Å². The first-order valence-electron chi connectivity index (χ1n) is 7.63. The molecule has 0 aromatic heterocycles. The Hall–Kier alpha value is -2.45. The first kappa shape index (κ1) is 18.9. The number of carbonyl (C=O) groups is 2. The number of amides is 1. The monoisotopic (exact) mass is 360 g/mol. The molecule has 138 valence electrons. The molecule has 1 heterocycles. The van der Waals surface area contributed by atoms with Gasteiger partial charge in [-0.15, -0.1) is 0 Å². The number of hydrogen-bond donors (Lipinski definition) is 1. The zero-order valence-corrected chi connectivity index (χ0v) is 13.8. The number of nitrogens with one attached hydrogen (secondary N) is 1. The lowest BCUT2D eigenvalue weighted by Crippen LogP contribution is -2.53. The number of benzene rings is 1. The molecule has 0 radical (unpaired) electrons. The molecule has 1 fully saturated rings. The van der Waals surface area contributed by atoms with E-state index in [1.165, 1.54) is 31.4 Å². The highest BCUT2D eigenvalue weighted by Gasteiger charge is 2.49. The predicted molar refractivity (Wildman–Crippen MR) is 83.2 cm³/mol. The summed E-state index contributed by atoms with van der Waals surface area (Å²) in [4.78, 5) is 25.1. The molecule has 0 aliphatic carbocycles. The Bertz CT molecular complexity index is 619. The van der Waals surface area contributed by atoms with Crippen molar-refractivity contribution in [3.8, 4) is 5.75 Å². The maximum Gasteiger partial charge on any atom is 0.417 e. The van der Waals surface area contributed by atoms with Gasteiger partial charge in [0.2, 0.25) is 6.04 Å². The minimum Gasteiger partial charge on any atom is -0.497 e. The van der Waals surface area contributed by atoms with E-state index in [2.05, 4.69) is 10.1 Å². The second kappa shape index (κ2) is 7.62. The van der Waals surface area contributed by atoms with Crippen molar-refractivity contribution in [1.29, 1.82) is 0 Å². The number of ether oxygens (including phenoxy) is 2. The van der Waals surface area contributed by atoms with E-state index in [0.717, 1.165) is 12.0 Å². The van der Waals surface area contributed by atoms with Gasteiger partial charge in [-0.3, -0.25) is 4.79 Å². The van der Waals surface area contributed by atoms with E-state index in [-0.39, 0.29) is 18.7 Å². The van der Waals surface area contributed by atoms with Crippen molar-refractivity contribution >= 4 is 17.6 Å². The molecule has 1 amide bonds. The average molecular weight is 360 g/mol. The highest BCUT2D eigenvalue weighted by Crippen LogP contribution is 2.29. The van der Waals surface area contributed by atoms with Gasteiger partial charge >= 0.3 is 12.1 Å². The van der Waals surface area contributed by atoms with Crippen molar-refractivity contribution in [1.82, 2.24) is 4.90 Å². The van der Waals surface area contributed by atoms with Gasteiger partial charge in [0.05, 0.1) is 14.2 Å².